The van der Waals surface area contributed by atoms with E-state index in [1.54, 1.807) is 0 Å². The number of carbonyl (C=O) groups excluding carboxylic acids is 2. The lowest BCUT2D eigenvalue weighted by Gasteiger charge is -2.15. The smallest absolute Gasteiger partial charge is 0.284 e. The van der Waals surface area contributed by atoms with Crippen molar-refractivity contribution in [3.05, 3.63) is 38.3 Å². The molecule has 0 aromatic heterocycles. The molecule has 1 unspecified atom stereocenters. The molecule has 0 spiro atoms. The summed E-state index contributed by atoms with van der Waals surface area (Å²) >= 11 is 3.07. The van der Waals surface area contributed by atoms with Gasteiger partial charge in [0.1, 0.15) is 10.5 Å². The van der Waals surface area contributed by atoms with Gasteiger partial charge in [-0.25, -0.2) is 0 Å². The van der Waals surface area contributed by atoms with E-state index in [9.17, 15) is 19.7 Å². The van der Waals surface area contributed by atoms with Crippen molar-refractivity contribution in [1.82, 2.24) is 10.6 Å². The highest BCUT2D eigenvalue weighted by atomic mass is 79.9. The molecule has 112 valence electrons. The lowest BCUT2D eigenvalue weighted by atomic mass is 10.1. The number of benzene rings is 1. The van der Waals surface area contributed by atoms with Gasteiger partial charge in [-0.2, -0.15) is 0 Å². The number of rotatable bonds is 3. The van der Waals surface area contributed by atoms with Crippen molar-refractivity contribution in [3.8, 4) is 0 Å². The van der Waals surface area contributed by atoms with Crippen molar-refractivity contribution in [2.75, 3.05) is 6.54 Å². The van der Waals surface area contributed by atoms with Crippen LogP contribution < -0.4 is 10.6 Å². The van der Waals surface area contributed by atoms with E-state index < -0.39 is 16.9 Å². The van der Waals surface area contributed by atoms with E-state index in [4.69, 9.17) is 0 Å². The molecule has 0 radical (unpaired) electrons. The summed E-state index contributed by atoms with van der Waals surface area (Å²) in [5.41, 5.74) is -0.0470. The topological polar surface area (TPSA) is 101 Å². The van der Waals surface area contributed by atoms with E-state index in [1.807, 2.05) is 0 Å². The second-order valence-corrected chi connectivity index (χ2v) is 5.50. The standard InChI is InChI=1S/C13H14BrN3O4/c14-11-8(4-3-6-10(11)17(20)21)12(18)16-9-5-1-2-7-15-13(9)19/h3-4,6,9H,1-2,5,7H2,(H,15,19)(H,16,18). The Hall–Kier alpha value is -1.96. The molecule has 2 amide bonds. The Morgan fingerprint density at radius 3 is 2.90 bits per heavy atom. The molecule has 1 aliphatic heterocycles. The fraction of sp³-hybridized carbons (Fsp3) is 0.385. The normalized spacial score (nSPS) is 18.5. The maximum absolute atomic E-state index is 12.2. The summed E-state index contributed by atoms with van der Waals surface area (Å²) in [4.78, 5) is 34.3. The molecule has 0 saturated carbocycles. The lowest BCUT2D eigenvalue weighted by molar-refractivity contribution is -0.385. The minimum atomic E-state index is -0.605. The number of hydrogen-bond donors (Lipinski definition) is 2. The largest absolute Gasteiger partial charge is 0.354 e. The molecule has 1 heterocycles. The van der Waals surface area contributed by atoms with Crippen LogP contribution in [0.4, 0.5) is 5.69 Å². The monoisotopic (exact) mass is 355 g/mol. The Labute approximate surface area is 129 Å². The van der Waals surface area contributed by atoms with Crippen molar-refractivity contribution >= 4 is 33.4 Å². The second kappa shape index (κ2) is 6.66. The van der Waals surface area contributed by atoms with Gasteiger partial charge < -0.3 is 10.6 Å². The van der Waals surface area contributed by atoms with Crippen LogP contribution >= 0.6 is 15.9 Å². The van der Waals surface area contributed by atoms with Crippen molar-refractivity contribution < 1.29 is 14.5 Å². The van der Waals surface area contributed by atoms with Crippen LogP contribution in [0, 0.1) is 10.1 Å². The van der Waals surface area contributed by atoms with E-state index in [0.717, 1.165) is 12.8 Å². The molecule has 21 heavy (non-hydrogen) atoms. The predicted octanol–water partition coefficient (Wildman–Crippen LogP) is 1.76. The number of amides is 2. The number of carbonyl (C=O) groups is 2. The predicted molar refractivity (Wildman–Crippen MR) is 78.9 cm³/mol. The first-order valence-corrected chi connectivity index (χ1v) is 7.31. The SMILES string of the molecule is O=C(NC1CCCCNC1=O)c1cccc([N+](=O)[O-])c1Br. The highest BCUT2D eigenvalue weighted by molar-refractivity contribution is 9.10. The van der Waals surface area contributed by atoms with Gasteiger partial charge in [-0.05, 0) is 41.3 Å². The van der Waals surface area contributed by atoms with Crippen LogP contribution in [0.2, 0.25) is 0 Å². The summed E-state index contributed by atoms with van der Waals surface area (Å²) in [5.74, 6) is -0.727. The molecular formula is C13H14BrN3O4. The summed E-state index contributed by atoms with van der Waals surface area (Å²) in [7, 11) is 0. The van der Waals surface area contributed by atoms with Gasteiger partial charge in [-0.1, -0.05) is 6.07 Å². The van der Waals surface area contributed by atoms with Crippen LogP contribution in [0.1, 0.15) is 29.6 Å². The minimum Gasteiger partial charge on any atom is -0.354 e. The molecule has 0 aliphatic carbocycles. The summed E-state index contributed by atoms with van der Waals surface area (Å²) in [5, 5.41) is 16.2. The fourth-order valence-electron chi connectivity index (χ4n) is 2.15. The van der Waals surface area contributed by atoms with Crippen molar-refractivity contribution in [3.63, 3.8) is 0 Å². The van der Waals surface area contributed by atoms with Gasteiger partial charge in [0.15, 0.2) is 0 Å². The third-order valence-electron chi connectivity index (χ3n) is 3.26. The maximum Gasteiger partial charge on any atom is 0.284 e. The first-order chi connectivity index (χ1) is 10.0. The summed E-state index contributed by atoms with van der Waals surface area (Å²) in [6.45, 7) is 0.603. The molecule has 2 N–H and O–H groups in total. The summed E-state index contributed by atoms with van der Waals surface area (Å²) in [6.07, 6.45) is 2.27. The average molecular weight is 356 g/mol. The number of nitro benzene ring substituents is 1. The van der Waals surface area contributed by atoms with E-state index in [-0.39, 0.29) is 21.6 Å². The molecule has 7 nitrogen and oxygen atoms in total. The van der Waals surface area contributed by atoms with Crippen LogP contribution in [0.15, 0.2) is 22.7 Å². The third-order valence-corrected chi connectivity index (χ3v) is 4.09. The highest BCUT2D eigenvalue weighted by Crippen LogP contribution is 2.28. The first-order valence-electron chi connectivity index (χ1n) is 6.52. The molecule has 1 aromatic rings. The van der Waals surface area contributed by atoms with Crippen molar-refractivity contribution in [1.29, 1.82) is 0 Å². The first kappa shape index (κ1) is 15.4. The molecule has 2 rings (SSSR count). The molecule has 1 saturated heterocycles. The van der Waals surface area contributed by atoms with Crippen LogP contribution in [0.3, 0.4) is 0 Å². The van der Waals surface area contributed by atoms with Crippen LogP contribution in [0.5, 0.6) is 0 Å². The molecule has 1 fully saturated rings. The van der Waals surface area contributed by atoms with Crippen molar-refractivity contribution in [2.45, 2.75) is 25.3 Å². The van der Waals surface area contributed by atoms with Gasteiger partial charge in [0.25, 0.3) is 11.6 Å². The van der Waals surface area contributed by atoms with Gasteiger partial charge in [0.2, 0.25) is 5.91 Å². The minimum absolute atomic E-state index is 0.113. The second-order valence-electron chi connectivity index (χ2n) is 4.71. The molecule has 1 aromatic carbocycles. The number of nitro groups is 1. The van der Waals surface area contributed by atoms with E-state index >= 15 is 0 Å². The molecule has 0 bridgehead atoms. The Kier molecular flexibility index (Phi) is 4.89. The maximum atomic E-state index is 12.2. The van der Waals surface area contributed by atoms with Crippen LogP contribution in [-0.4, -0.2) is 29.3 Å². The Morgan fingerprint density at radius 2 is 2.19 bits per heavy atom. The molecular weight excluding hydrogens is 342 g/mol. The van der Waals surface area contributed by atoms with Gasteiger partial charge in [0, 0.05) is 12.6 Å². The molecule has 8 heteroatoms. The quantitative estimate of drug-likeness (QED) is 0.636. The van der Waals surface area contributed by atoms with Crippen molar-refractivity contribution in [2.24, 2.45) is 0 Å². The summed E-state index contributed by atoms with van der Waals surface area (Å²) < 4.78 is 0.113. The van der Waals surface area contributed by atoms with Gasteiger partial charge >= 0.3 is 0 Å². The average Bonchev–Trinajstić information content (AvgIpc) is 2.64. The zero-order valence-electron chi connectivity index (χ0n) is 11.1. The number of halogens is 1. The highest BCUT2D eigenvalue weighted by Gasteiger charge is 2.25. The third kappa shape index (κ3) is 3.57. The van der Waals surface area contributed by atoms with Crippen LogP contribution in [0.25, 0.3) is 0 Å². The lowest BCUT2D eigenvalue weighted by Crippen LogP contribution is -2.45. The van der Waals surface area contributed by atoms with Gasteiger partial charge in [0.05, 0.1) is 10.5 Å². The zero-order valence-corrected chi connectivity index (χ0v) is 12.7. The molecule has 1 atom stereocenters. The van der Waals surface area contributed by atoms with E-state index in [1.165, 1.54) is 18.2 Å². The Balaban J connectivity index is 2.18. The zero-order chi connectivity index (χ0) is 15.4. The van der Waals surface area contributed by atoms with E-state index in [2.05, 4.69) is 26.6 Å². The number of nitrogens with zero attached hydrogens (tertiary/aromatic N) is 1. The van der Waals surface area contributed by atoms with Gasteiger partial charge in [-0.3, -0.25) is 19.7 Å². The van der Waals surface area contributed by atoms with Gasteiger partial charge in [-0.15, -0.1) is 0 Å². The Bertz CT molecular complexity index is 591. The van der Waals surface area contributed by atoms with E-state index in [0.29, 0.717) is 13.0 Å². The summed E-state index contributed by atoms with van der Waals surface area (Å²) in [6, 6.07) is 3.61. The fourth-order valence-corrected chi connectivity index (χ4v) is 2.74. The molecule has 1 aliphatic rings. The Morgan fingerprint density at radius 1 is 1.43 bits per heavy atom. The van der Waals surface area contributed by atoms with Crippen LogP contribution in [-0.2, 0) is 4.79 Å². The number of hydrogen-bond acceptors (Lipinski definition) is 4. The number of nitrogens with one attached hydrogen (secondary N) is 2.